The molecule has 0 saturated carbocycles. The summed E-state index contributed by atoms with van der Waals surface area (Å²) in [6, 6.07) is 16.8. The highest BCUT2D eigenvalue weighted by Crippen LogP contribution is 2.16. The first kappa shape index (κ1) is 15.8. The van der Waals surface area contributed by atoms with Gasteiger partial charge in [-0.25, -0.2) is 4.39 Å². The summed E-state index contributed by atoms with van der Waals surface area (Å²) in [4.78, 5) is 12.0. The van der Waals surface area contributed by atoms with Gasteiger partial charge in [-0.15, -0.1) is 0 Å². The van der Waals surface area contributed by atoms with E-state index in [0.717, 1.165) is 17.0 Å². The summed E-state index contributed by atoms with van der Waals surface area (Å²) >= 11 is 0. The number of methoxy groups -OCH3 is 1. The Labute approximate surface area is 139 Å². The first-order valence-electron chi connectivity index (χ1n) is 7.51. The number of nitrogens with zero attached hydrogens (tertiary/aromatic N) is 1. The van der Waals surface area contributed by atoms with Gasteiger partial charge in [-0.1, -0.05) is 12.1 Å². The largest absolute Gasteiger partial charge is 0.497 e. The van der Waals surface area contributed by atoms with Crippen molar-refractivity contribution >= 4 is 5.69 Å². The lowest BCUT2D eigenvalue weighted by molar-refractivity contribution is 0.415. The topological polar surface area (TPSA) is 43.3 Å². The maximum Gasteiger partial charge on any atom is 0.255 e. The van der Waals surface area contributed by atoms with Crippen molar-refractivity contribution in [2.75, 3.05) is 12.4 Å². The van der Waals surface area contributed by atoms with Gasteiger partial charge in [-0.2, -0.15) is 0 Å². The monoisotopic (exact) mass is 324 g/mol. The Kier molecular flexibility index (Phi) is 4.61. The van der Waals surface area contributed by atoms with Gasteiger partial charge in [-0.05, 0) is 48.0 Å². The molecule has 0 fully saturated rings. The average molecular weight is 324 g/mol. The van der Waals surface area contributed by atoms with Crippen molar-refractivity contribution < 1.29 is 9.13 Å². The fourth-order valence-corrected chi connectivity index (χ4v) is 2.38. The lowest BCUT2D eigenvalue weighted by Gasteiger charge is -2.10. The van der Waals surface area contributed by atoms with Gasteiger partial charge < -0.3 is 10.1 Å². The number of nitrogens with one attached hydrogen (secondary N) is 1. The summed E-state index contributed by atoms with van der Waals surface area (Å²) in [5.41, 5.74) is 2.16. The minimum absolute atomic E-state index is 0.200. The minimum Gasteiger partial charge on any atom is -0.497 e. The summed E-state index contributed by atoms with van der Waals surface area (Å²) in [6.07, 6.45) is 1.72. The molecule has 0 aliphatic carbocycles. The van der Waals surface area contributed by atoms with E-state index in [1.54, 1.807) is 31.5 Å². The van der Waals surface area contributed by atoms with Crippen molar-refractivity contribution in [3.63, 3.8) is 0 Å². The molecule has 0 aliphatic rings. The van der Waals surface area contributed by atoms with Gasteiger partial charge in [0.05, 0.1) is 12.8 Å². The lowest BCUT2D eigenvalue weighted by Crippen LogP contribution is -2.18. The van der Waals surface area contributed by atoms with Crippen LogP contribution in [0.25, 0.3) is 5.69 Å². The Morgan fingerprint density at radius 1 is 1.08 bits per heavy atom. The van der Waals surface area contributed by atoms with E-state index in [2.05, 4.69) is 5.32 Å². The molecular formula is C19H17FN2O2. The lowest BCUT2D eigenvalue weighted by atomic mass is 10.2. The van der Waals surface area contributed by atoms with E-state index >= 15 is 0 Å². The quantitative estimate of drug-likeness (QED) is 0.780. The van der Waals surface area contributed by atoms with Gasteiger partial charge in [0.1, 0.15) is 11.6 Å². The molecular weight excluding hydrogens is 307 g/mol. The van der Waals surface area contributed by atoms with Crippen LogP contribution < -0.4 is 15.6 Å². The van der Waals surface area contributed by atoms with E-state index in [1.165, 1.54) is 22.8 Å². The molecule has 0 radical (unpaired) electrons. The Hall–Kier alpha value is -3.08. The van der Waals surface area contributed by atoms with Crippen LogP contribution in [0.15, 0.2) is 71.7 Å². The number of aromatic nitrogens is 1. The standard InChI is InChI=1S/C19H17FN2O2/c1-24-18-8-6-16(7-9-18)21-12-14-5-10-19(23)22(13-14)17-4-2-3-15(20)11-17/h2-11,13,21H,12H2,1H3. The molecule has 122 valence electrons. The Morgan fingerprint density at radius 2 is 1.88 bits per heavy atom. The van der Waals surface area contributed by atoms with Crippen LogP contribution in [0.4, 0.5) is 10.1 Å². The van der Waals surface area contributed by atoms with E-state index in [0.29, 0.717) is 12.2 Å². The first-order valence-corrected chi connectivity index (χ1v) is 7.51. The third-order valence-corrected chi connectivity index (χ3v) is 3.65. The number of benzene rings is 2. The predicted molar refractivity (Wildman–Crippen MR) is 92.3 cm³/mol. The third kappa shape index (κ3) is 3.63. The van der Waals surface area contributed by atoms with E-state index in [9.17, 15) is 9.18 Å². The van der Waals surface area contributed by atoms with Crippen LogP contribution >= 0.6 is 0 Å². The Balaban J connectivity index is 1.79. The molecule has 0 amide bonds. The molecule has 0 bridgehead atoms. The summed E-state index contributed by atoms with van der Waals surface area (Å²) in [5.74, 6) is 0.418. The molecule has 4 nitrogen and oxygen atoms in total. The highest BCUT2D eigenvalue weighted by Gasteiger charge is 2.03. The molecule has 3 aromatic rings. The summed E-state index contributed by atoms with van der Waals surface area (Å²) in [7, 11) is 1.62. The van der Waals surface area contributed by atoms with E-state index < -0.39 is 0 Å². The van der Waals surface area contributed by atoms with Crippen LogP contribution in [-0.2, 0) is 6.54 Å². The summed E-state index contributed by atoms with van der Waals surface area (Å²) < 4.78 is 19.9. The molecule has 0 saturated heterocycles. The van der Waals surface area contributed by atoms with Crippen molar-refractivity contribution in [2.24, 2.45) is 0 Å². The van der Waals surface area contributed by atoms with Crippen molar-refractivity contribution in [3.05, 3.63) is 88.6 Å². The molecule has 0 atom stereocenters. The SMILES string of the molecule is COc1ccc(NCc2ccc(=O)n(-c3cccc(F)c3)c2)cc1. The molecule has 2 aromatic carbocycles. The molecule has 1 aromatic heterocycles. The van der Waals surface area contributed by atoms with E-state index in [1.807, 2.05) is 24.3 Å². The second kappa shape index (κ2) is 7.00. The van der Waals surface area contributed by atoms with Crippen LogP contribution in [0.1, 0.15) is 5.56 Å². The zero-order valence-corrected chi connectivity index (χ0v) is 13.2. The zero-order valence-electron chi connectivity index (χ0n) is 13.2. The average Bonchev–Trinajstić information content (AvgIpc) is 2.61. The molecule has 24 heavy (non-hydrogen) atoms. The minimum atomic E-state index is -0.374. The van der Waals surface area contributed by atoms with Crippen LogP contribution in [0.2, 0.25) is 0 Å². The number of anilines is 1. The van der Waals surface area contributed by atoms with Gasteiger partial charge in [0.2, 0.25) is 0 Å². The molecule has 1 N–H and O–H groups in total. The molecule has 1 heterocycles. The van der Waals surface area contributed by atoms with Crippen LogP contribution in [0, 0.1) is 5.82 Å². The van der Waals surface area contributed by atoms with Gasteiger partial charge in [0.15, 0.2) is 0 Å². The van der Waals surface area contributed by atoms with Gasteiger partial charge in [0, 0.05) is 24.5 Å². The number of pyridine rings is 1. The second-order valence-corrected chi connectivity index (χ2v) is 5.31. The molecule has 0 spiro atoms. The van der Waals surface area contributed by atoms with E-state index in [-0.39, 0.29) is 11.4 Å². The summed E-state index contributed by atoms with van der Waals surface area (Å²) in [6.45, 7) is 0.544. The fourth-order valence-electron chi connectivity index (χ4n) is 2.38. The molecule has 0 unspecified atom stereocenters. The number of rotatable bonds is 5. The number of hydrogen-bond acceptors (Lipinski definition) is 3. The van der Waals surface area contributed by atoms with Crippen molar-refractivity contribution in [3.8, 4) is 11.4 Å². The molecule has 5 heteroatoms. The molecule has 3 rings (SSSR count). The Morgan fingerprint density at radius 3 is 2.58 bits per heavy atom. The zero-order chi connectivity index (χ0) is 16.9. The van der Waals surface area contributed by atoms with Crippen molar-refractivity contribution in [1.29, 1.82) is 0 Å². The van der Waals surface area contributed by atoms with Crippen LogP contribution in [0.5, 0.6) is 5.75 Å². The first-order chi connectivity index (χ1) is 11.7. The Bertz CT molecular complexity index is 888. The number of halogens is 1. The molecule has 0 aliphatic heterocycles. The van der Waals surface area contributed by atoms with Crippen molar-refractivity contribution in [2.45, 2.75) is 6.54 Å². The number of hydrogen-bond donors (Lipinski definition) is 1. The predicted octanol–water partition coefficient (Wildman–Crippen LogP) is 3.60. The fraction of sp³-hybridized carbons (Fsp3) is 0.105. The maximum atomic E-state index is 13.4. The smallest absolute Gasteiger partial charge is 0.255 e. The highest BCUT2D eigenvalue weighted by molar-refractivity contribution is 5.46. The normalized spacial score (nSPS) is 10.4. The van der Waals surface area contributed by atoms with Crippen LogP contribution in [0.3, 0.4) is 0 Å². The highest BCUT2D eigenvalue weighted by atomic mass is 19.1. The van der Waals surface area contributed by atoms with Crippen molar-refractivity contribution in [1.82, 2.24) is 4.57 Å². The van der Waals surface area contributed by atoms with Gasteiger partial charge in [0.25, 0.3) is 5.56 Å². The summed E-state index contributed by atoms with van der Waals surface area (Å²) in [5, 5.41) is 3.28. The number of ether oxygens (including phenoxy) is 1. The van der Waals surface area contributed by atoms with E-state index in [4.69, 9.17) is 4.74 Å². The second-order valence-electron chi connectivity index (χ2n) is 5.31. The van der Waals surface area contributed by atoms with Gasteiger partial charge >= 0.3 is 0 Å². The maximum absolute atomic E-state index is 13.4. The third-order valence-electron chi connectivity index (χ3n) is 3.65. The van der Waals surface area contributed by atoms with Crippen LogP contribution in [-0.4, -0.2) is 11.7 Å². The van der Waals surface area contributed by atoms with Gasteiger partial charge in [-0.3, -0.25) is 9.36 Å².